The quantitative estimate of drug-likeness (QED) is 0.555. The molecule has 0 radical (unpaired) electrons. The predicted octanol–water partition coefficient (Wildman–Crippen LogP) is 5.22. The van der Waals surface area contributed by atoms with Crippen LogP contribution in [0.15, 0.2) is 72.8 Å². The number of methoxy groups -OCH3 is 1. The average molecular weight is 455 g/mol. The van der Waals surface area contributed by atoms with Crippen molar-refractivity contribution in [3.05, 3.63) is 95.1 Å². The Hall–Kier alpha value is -3.73. The van der Waals surface area contributed by atoms with Crippen LogP contribution in [-0.4, -0.2) is 25.2 Å². The zero-order chi connectivity index (χ0) is 23.9. The van der Waals surface area contributed by atoms with Crippen molar-refractivity contribution in [2.45, 2.75) is 38.5 Å². The first-order valence-corrected chi connectivity index (χ1v) is 11.6. The summed E-state index contributed by atoms with van der Waals surface area (Å²) >= 11 is 0. The van der Waals surface area contributed by atoms with Gasteiger partial charge in [-0.25, -0.2) is 0 Å². The second-order valence-corrected chi connectivity index (χ2v) is 9.56. The monoisotopic (exact) mass is 454 g/mol. The molecule has 2 aliphatic rings. The molecule has 0 spiro atoms. The average Bonchev–Trinajstić information content (AvgIpc) is 3.26. The van der Waals surface area contributed by atoms with Crippen molar-refractivity contribution in [1.82, 2.24) is 5.32 Å². The summed E-state index contributed by atoms with van der Waals surface area (Å²) in [5, 5.41) is 3.28. The van der Waals surface area contributed by atoms with Crippen molar-refractivity contribution >= 4 is 17.7 Å². The third kappa shape index (κ3) is 3.52. The third-order valence-corrected chi connectivity index (χ3v) is 7.07. The second-order valence-electron chi connectivity index (χ2n) is 9.56. The molecule has 2 heterocycles. The molecular weight excluding hydrogens is 424 g/mol. The molecule has 0 saturated carbocycles. The largest absolute Gasteiger partial charge is 0.493 e. The van der Waals surface area contributed by atoms with Crippen LogP contribution in [0.1, 0.15) is 36.1 Å². The molecule has 174 valence electrons. The van der Waals surface area contributed by atoms with Gasteiger partial charge in [0, 0.05) is 11.1 Å². The van der Waals surface area contributed by atoms with E-state index in [1.165, 1.54) is 11.1 Å². The summed E-state index contributed by atoms with van der Waals surface area (Å²) in [5.74, 6) is 1.40. The summed E-state index contributed by atoms with van der Waals surface area (Å²) in [6, 6.07) is 22.4. The molecular formula is C29H30N2O3. The third-order valence-electron chi connectivity index (χ3n) is 7.07. The Kier molecular flexibility index (Phi) is 5.35. The molecule has 1 saturated heterocycles. The number of aryl methyl sites for hydroxylation is 1. The van der Waals surface area contributed by atoms with E-state index in [1.54, 1.807) is 7.11 Å². The molecule has 3 aromatic rings. The highest BCUT2D eigenvalue weighted by Gasteiger charge is 2.59. The Labute approximate surface area is 201 Å². The van der Waals surface area contributed by atoms with Gasteiger partial charge in [0.1, 0.15) is 12.3 Å². The fourth-order valence-corrected chi connectivity index (χ4v) is 5.15. The number of ether oxygens (including phenoxy) is 2. The van der Waals surface area contributed by atoms with Crippen molar-refractivity contribution in [3.8, 4) is 11.5 Å². The minimum absolute atomic E-state index is 0.0335. The van der Waals surface area contributed by atoms with Gasteiger partial charge in [-0.05, 0) is 47.9 Å². The van der Waals surface area contributed by atoms with Crippen LogP contribution in [0.25, 0.3) is 6.08 Å². The molecule has 5 rings (SSSR count). The highest BCUT2D eigenvalue weighted by molar-refractivity contribution is 5.91. The van der Waals surface area contributed by atoms with Gasteiger partial charge in [-0.2, -0.15) is 0 Å². The number of fused-ring (bicyclic) bond motifs is 3. The topological polar surface area (TPSA) is 50.8 Å². The highest BCUT2D eigenvalue weighted by Crippen LogP contribution is 2.53. The molecule has 5 heteroatoms. The lowest BCUT2D eigenvalue weighted by Gasteiger charge is -2.40. The minimum atomic E-state index is -0.629. The summed E-state index contributed by atoms with van der Waals surface area (Å²) < 4.78 is 11.6. The van der Waals surface area contributed by atoms with E-state index in [1.807, 2.05) is 48.5 Å². The molecule has 0 unspecified atom stereocenters. The normalized spacial score (nSPS) is 20.2. The number of carbonyl (C=O) groups excluding carboxylic acids is 1. The van der Waals surface area contributed by atoms with Crippen LogP contribution >= 0.6 is 0 Å². The Morgan fingerprint density at radius 1 is 1.03 bits per heavy atom. The zero-order valence-electron chi connectivity index (χ0n) is 20.1. The van der Waals surface area contributed by atoms with E-state index < -0.39 is 5.66 Å². The van der Waals surface area contributed by atoms with Gasteiger partial charge in [0.25, 0.3) is 0 Å². The summed E-state index contributed by atoms with van der Waals surface area (Å²) in [4.78, 5) is 14.7. The number of benzene rings is 3. The Morgan fingerprint density at radius 3 is 2.59 bits per heavy atom. The Morgan fingerprint density at radius 2 is 1.82 bits per heavy atom. The molecule has 34 heavy (non-hydrogen) atoms. The maximum Gasteiger partial charge on any atom is 0.241 e. The van der Waals surface area contributed by atoms with Gasteiger partial charge in [0.2, 0.25) is 5.91 Å². The van der Waals surface area contributed by atoms with Crippen LogP contribution in [-0.2, 0) is 16.8 Å². The number of hydrogen-bond donors (Lipinski definition) is 1. The molecule has 0 bridgehead atoms. The number of rotatable bonds is 6. The van der Waals surface area contributed by atoms with E-state index >= 15 is 0 Å². The zero-order valence-corrected chi connectivity index (χ0v) is 20.1. The van der Waals surface area contributed by atoms with Crippen molar-refractivity contribution < 1.29 is 14.3 Å². The van der Waals surface area contributed by atoms with Gasteiger partial charge in [-0.3, -0.25) is 4.79 Å². The summed E-state index contributed by atoms with van der Waals surface area (Å²) in [5.41, 5.74) is 4.72. The number of anilines is 1. The van der Waals surface area contributed by atoms with Gasteiger partial charge in [0.15, 0.2) is 11.5 Å². The van der Waals surface area contributed by atoms with Crippen molar-refractivity contribution in [3.63, 3.8) is 0 Å². The van der Waals surface area contributed by atoms with Crippen LogP contribution in [0, 0.1) is 6.92 Å². The molecule has 1 fully saturated rings. The summed E-state index contributed by atoms with van der Waals surface area (Å²) in [7, 11) is 1.65. The fraction of sp³-hybridized carbons (Fsp3) is 0.276. The first kappa shape index (κ1) is 22.1. The van der Waals surface area contributed by atoms with Gasteiger partial charge < -0.3 is 19.7 Å². The van der Waals surface area contributed by atoms with Crippen LogP contribution in [0.3, 0.4) is 0 Å². The lowest BCUT2D eigenvalue weighted by Crippen LogP contribution is -2.58. The Bertz CT molecular complexity index is 1270. The number of nitrogens with one attached hydrogen (secondary N) is 1. The number of hydrogen-bond acceptors (Lipinski definition) is 4. The smallest absolute Gasteiger partial charge is 0.241 e. The molecule has 1 amide bonds. The van der Waals surface area contributed by atoms with E-state index in [2.05, 4.69) is 61.3 Å². The first-order chi connectivity index (χ1) is 16.3. The van der Waals surface area contributed by atoms with Crippen molar-refractivity contribution in [2.24, 2.45) is 0 Å². The summed E-state index contributed by atoms with van der Waals surface area (Å²) in [6.45, 7) is 7.32. The van der Waals surface area contributed by atoms with Gasteiger partial charge >= 0.3 is 0 Å². The Balaban J connectivity index is 1.44. The molecule has 3 aromatic carbocycles. The maximum absolute atomic E-state index is 12.5. The number of amides is 1. The van der Waals surface area contributed by atoms with Crippen molar-refractivity contribution in [2.75, 3.05) is 18.6 Å². The lowest BCUT2D eigenvalue weighted by molar-refractivity contribution is -0.118. The highest BCUT2D eigenvalue weighted by atomic mass is 16.5. The standard InChI is InChI=1S/C29H30N2O3/c1-20-10-12-24-23(16-20)28(2,3)29(30-27(32)18-31(24)29)15-14-21-11-13-25(26(17-21)33-4)34-19-22-8-6-5-7-9-22/h5-17H,18-19H2,1-4H3,(H,30,32)/b15-14+/t29-/m1/s1. The molecule has 1 atom stereocenters. The molecule has 2 aliphatic heterocycles. The van der Waals surface area contributed by atoms with Crippen LogP contribution in [0.4, 0.5) is 5.69 Å². The SMILES string of the molecule is COc1cc(/C=C/[C@@]23NC(=O)CN2c2ccc(C)cc2C3(C)C)ccc1OCc1ccccc1. The number of carbonyl (C=O) groups is 1. The van der Waals surface area contributed by atoms with E-state index in [0.717, 1.165) is 16.8 Å². The van der Waals surface area contributed by atoms with Gasteiger partial charge in [0.05, 0.1) is 13.7 Å². The van der Waals surface area contributed by atoms with E-state index in [9.17, 15) is 4.79 Å². The maximum atomic E-state index is 12.5. The van der Waals surface area contributed by atoms with Crippen molar-refractivity contribution in [1.29, 1.82) is 0 Å². The van der Waals surface area contributed by atoms with Crippen LogP contribution in [0.5, 0.6) is 11.5 Å². The van der Waals surface area contributed by atoms with Crippen LogP contribution < -0.4 is 19.7 Å². The molecule has 1 N–H and O–H groups in total. The predicted molar refractivity (Wildman–Crippen MR) is 135 cm³/mol. The number of nitrogens with zero attached hydrogens (tertiary/aromatic N) is 1. The first-order valence-electron chi connectivity index (χ1n) is 11.6. The molecule has 0 aliphatic carbocycles. The summed E-state index contributed by atoms with van der Waals surface area (Å²) in [6.07, 6.45) is 4.18. The van der Waals surface area contributed by atoms with E-state index in [4.69, 9.17) is 9.47 Å². The lowest BCUT2D eigenvalue weighted by atomic mass is 9.75. The minimum Gasteiger partial charge on any atom is -0.493 e. The fourth-order valence-electron chi connectivity index (χ4n) is 5.15. The second kappa shape index (κ2) is 8.24. The van der Waals surface area contributed by atoms with E-state index in [-0.39, 0.29) is 11.3 Å². The van der Waals surface area contributed by atoms with E-state index in [0.29, 0.717) is 24.7 Å². The van der Waals surface area contributed by atoms with Gasteiger partial charge in [-0.1, -0.05) is 74.0 Å². The molecule has 0 aromatic heterocycles. The van der Waals surface area contributed by atoms with Gasteiger partial charge in [-0.15, -0.1) is 0 Å². The molecule has 5 nitrogen and oxygen atoms in total. The van der Waals surface area contributed by atoms with Crippen LogP contribution in [0.2, 0.25) is 0 Å².